The second-order valence-electron chi connectivity index (χ2n) is 6.39. The maximum absolute atomic E-state index is 10.7. The van der Waals surface area contributed by atoms with Gasteiger partial charge in [0, 0.05) is 0 Å². The Kier molecular flexibility index (Phi) is 5.70. The molecule has 0 aromatic heterocycles. The van der Waals surface area contributed by atoms with E-state index < -0.39 is 12.2 Å². The summed E-state index contributed by atoms with van der Waals surface area (Å²) >= 11 is 0. The molecule has 0 radical (unpaired) electrons. The van der Waals surface area contributed by atoms with E-state index in [1.54, 1.807) is 0 Å². The SMILES string of the molecule is NC(=O)OC1CCC(CC2CCC(OC(N)=O)CC2)CC1. The molecule has 2 saturated carbocycles. The van der Waals surface area contributed by atoms with Crippen LogP contribution in [0.15, 0.2) is 0 Å². The molecule has 21 heavy (non-hydrogen) atoms. The van der Waals surface area contributed by atoms with E-state index in [1.165, 1.54) is 6.42 Å². The smallest absolute Gasteiger partial charge is 0.404 e. The first kappa shape index (κ1) is 15.9. The number of hydrogen-bond acceptors (Lipinski definition) is 4. The fraction of sp³-hybridized carbons (Fsp3) is 0.867. The van der Waals surface area contributed by atoms with Gasteiger partial charge in [0.25, 0.3) is 0 Å². The van der Waals surface area contributed by atoms with Crippen molar-refractivity contribution < 1.29 is 19.1 Å². The minimum atomic E-state index is -0.661. The molecular formula is C15H26N2O4. The number of amides is 2. The first-order valence-corrected chi connectivity index (χ1v) is 7.95. The summed E-state index contributed by atoms with van der Waals surface area (Å²) in [5.74, 6) is 1.44. The van der Waals surface area contributed by atoms with Gasteiger partial charge in [-0.2, -0.15) is 0 Å². The predicted octanol–water partition coefficient (Wildman–Crippen LogP) is 2.68. The molecule has 2 fully saturated rings. The second kappa shape index (κ2) is 7.52. The van der Waals surface area contributed by atoms with Crippen LogP contribution in [0.3, 0.4) is 0 Å². The molecule has 0 spiro atoms. The van der Waals surface area contributed by atoms with E-state index in [1.807, 2.05) is 0 Å². The van der Waals surface area contributed by atoms with Crippen LogP contribution in [0.5, 0.6) is 0 Å². The Morgan fingerprint density at radius 3 is 1.33 bits per heavy atom. The summed E-state index contributed by atoms with van der Waals surface area (Å²) in [4.78, 5) is 21.5. The maximum atomic E-state index is 10.7. The van der Waals surface area contributed by atoms with Crippen LogP contribution in [0.1, 0.15) is 57.8 Å². The van der Waals surface area contributed by atoms with Gasteiger partial charge in [0.2, 0.25) is 0 Å². The first-order valence-electron chi connectivity index (χ1n) is 7.95. The summed E-state index contributed by atoms with van der Waals surface area (Å²) in [6, 6.07) is 0. The van der Waals surface area contributed by atoms with Gasteiger partial charge < -0.3 is 20.9 Å². The van der Waals surface area contributed by atoms with Crippen molar-refractivity contribution in [2.75, 3.05) is 0 Å². The third-order valence-corrected chi connectivity index (χ3v) is 4.82. The summed E-state index contributed by atoms with van der Waals surface area (Å²) in [6.45, 7) is 0. The molecule has 2 aliphatic carbocycles. The van der Waals surface area contributed by atoms with Crippen molar-refractivity contribution in [2.45, 2.75) is 70.0 Å². The van der Waals surface area contributed by atoms with Gasteiger partial charge in [-0.25, -0.2) is 9.59 Å². The summed E-state index contributed by atoms with van der Waals surface area (Å²) in [5.41, 5.74) is 10.1. The second-order valence-corrected chi connectivity index (χ2v) is 6.39. The van der Waals surface area contributed by atoms with Gasteiger partial charge in [0.15, 0.2) is 0 Å². The van der Waals surface area contributed by atoms with E-state index in [0.29, 0.717) is 0 Å². The summed E-state index contributed by atoms with van der Waals surface area (Å²) in [7, 11) is 0. The Morgan fingerprint density at radius 2 is 1.05 bits per heavy atom. The molecule has 0 aromatic carbocycles. The quantitative estimate of drug-likeness (QED) is 0.832. The van der Waals surface area contributed by atoms with E-state index in [0.717, 1.165) is 63.2 Å². The lowest BCUT2D eigenvalue weighted by atomic mass is 9.76. The molecule has 0 saturated heterocycles. The lowest BCUT2D eigenvalue weighted by molar-refractivity contribution is 0.0542. The monoisotopic (exact) mass is 298 g/mol. The minimum absolute atomic E-state index is 0.0125. The average Bonchev–Trinajstić information content (AvgIpc) is 2.42. The summed E-state index contributed by atoms with van der Waals surface area (Å²) in [6.07, 6.45) is 8.06. The lowest BCUT2D eigenvalue weighted by Crippen LogP contribution is -2.30. The van der Waals surface area contributed by atoms with Crippen molar-refractivity contribution in [3.63, 3.8) is 0 Å². The molecule has 0 bridgehead atoms. The van der Waals surface area contributed by atoms with Crippen LogP contribution < -0.4 is 11.5 Å². The number of carbonyl (C=O) groups excluding carboxylic acids is 2. The molecule has 120 valence electrons. The number of nitrogens with two attached hydrogens (primary N) is 2. The van der Waals surface area contributed by atoms with Gasteiger partial charge in [0.1, 0.15) is 12.2 Å². The standard InChI is InChI=1S/C15H26N2O4/c16-14(18)20-12-5-1-10(2-6-12)9-11-3-7-13(8-4-11)21-15(17)19/h10-13H,1-9H2,(H2,16,18)(H2,17,19). The fourth-order valence-corrected chi connectivity index (χ4v) is 3.77. The van der Waals surface area contributed by atoms with E-state index in [-0.39, 0.29) is 12.2 Å². The third-order valence-electron chi connectivity index (χ3n) is 4.82. The highest BCUT2D eigenvalue weighted by Gasteiger charge is 2.28. The van der Waals surface area contributed by atoms with Crippen molar-refractivity contribution in [1.82, 2.24) is 0 Å². The molecule has 0 aliphatic heterocycles. The zero-order chi connectivity index (χ0) is 15.2. The molecule has 2 rings (SSSR count). The van der Waals surface area contributed by atoms with E-state index in [9.17, 15) is 9.59 Å². The van der Waals surface area contributed by atoms with Gasteiger partial charge >= 0.3 is 12.2 Å². The Labute approximate surface area is 125 Å². The van der Waals surface area contributed by atoms with Crippen molar-refractivity contribution in [3.8, 4) is 0 Å². The summed E-state index contributed by atoms with van der Waals surface area (Å²) in [5, 5.41) is 0. The number of hydrogen-bond donors (Lipinski definition) is 2. The van der Waals surface area contributed by atoms with Crippen LogP contribution in [-0.2, 0) is 9.47 Å². The lowest BCUT2D eigenvalue weighted by Gasteiger charge is -2.33. The molecule has 2 amide bonds. The van der Waals surface area contributed by atoms with Crippen LogP contribution in [0, 0.1) is 11.8 Å². The Balaban J connectivity index is 1.64. The van der Waals surface area contributed by atoms with Crippen molar-refractivity contribution in [1.29, 1.82) is 0 Å². The number of carbonyl (C=O) groups is 2. The molecule has 0 atom stereocenters. The molecular weight excluding hydrogens is 272 g/mol. The van der Waals surface area contributed by atoms with Gasteiger partial charge in [-0.1, -0.05) is 0 Å². The van der Waals surface area contributed by atoms with Gasteiger partial charge in [-0.05, 0) is 69.6 Å². The molecule has 0 heterocycles. The zero-order valence-corrected chi connectivity index (χ0v) is 12.5. The normalized spacial score (nSPS) is 33.1. The van der Waals surface area contributed by atoms with Crippen LogP contribution in [-0.4, -0.2) is 24.4 Å². The Hall–Kier alpha value is -1.46. The number of ether oxygens (including phenoxy) is 2. The molecule has 4 N–H and O–H groups in total. The molecule has 6 nitrogen and oxygen atoms in total. The third kappa shape index (κ3) is 5.44. The highest BCUT2D eigenvalue weighted by molar-refractivity contribution is 5.65. The summed E-state index contributed by atoms with van der Waals surface area (Å²) < 4.78 is 10.1. The van der Waals surface area contributed by atoms with E-state index in [2.05, 4.69) is 0 Å². The highest BCUT2D eigenvalue weighted by Crippen LogP contribution is 2.36. The fourth-order valence-electron chi connectivity index (χ4n) is 3.77. The van der Waals surface area contributed by atoms with E-state index in [4.69, 9.17) is 20.9 Å². The topological polar surface area (TPSA) is 105 Å². The highest BCUT2D eigenvalue weighted by atomic mass is 16.6. The van der Waals surface area contributed by atoms with Crippen LogP contribution in [0.25, 0.3) is 0 Å². The van der Waals surface area contributed by atoms with Gasteiger partial charge in [-0.15, -0.1) is 0 Å². The zero-order valence-electron chi connectivity index (χ0n) is 12.5. The minimum Gasteiger partial charge on any atom is -0.446 e. The first-order chi connectivity index (χ1) is 10.0. The number of rotatable bonds is 4. The van der Waals surface area contributed by atoms with Crippen LogP contribution >= 0.6 is 0 Å². The largest absolute Gasteiger partial charge is 0.446 e. The number of primary amides is 2. The van der Waals surface area contributed by atoms with Crippen LogP contribution in [0.2, 0.25) is 0 Å². The van der Waals surface area contributed by atoms with E-state index >= 15 is 0 Å². The van der Waals surface area contributed by atoms with Crippen molar-refractivity contribution >= 4 is 12.2 Å². The predicted molar refractivity (Wildman–Crippen MR) is 77.4 cm³/mol. The molecule has 2 aliphatic rings. The molecule has 6 heteroatoms. The van der Waals surface area contributed by atoms with Gasteiger partial charge in [0.05, 0.1) is 0 Å². The van der Waals surface area contributed by atoms with Crippen LogP contribution in [0.4, 0.5) is 9.59 Å². The van der Waals surface area contributed by atoms with Gasteiger partial charge in [-0.3, -0.25) is 0 Å². The molecule has 0 unspecified atom stereocenters. The Bertz CT molecular complexity index is 325. The molecule has 0 aromatic rings. The maximum Gasteiger partial charge on any atom is 0.404 e. The van der Waals surface area contributed by atoms with Crippen molar-refractivity contribution in [3.05, 3.63) is 0 Å². The Morgan fingerprint density at radius 1 is 0.714 bits per heavy atom. The van der Waals surface area contributed by atoms with Crippen molar-refractivity contribution in [2.24, 2.45) is 23.3 Å². The average molecular weight is 298 g/mol.